The summed E-state index contributed by atoms with van der Waals surface area (Å²) in [6, 6.07) is 10.3. The van der Waals surface area contributed by atoms with E-state index in [9.17, 15) is 43.1 Å². The molecule has 304 valence electrons. The normalized spacial score (nSPS) is 13.8. The average Bonchev–Trinajstić information content (AvgIpc) is 3.72. The number of halogens is 1. The van der Waals surface area contributed by atoms with Crippen LogP contribution in [0.2, 0.25) is 0 Å². The van der Waals surface area contributed by atoms with Crippen LogP contribution in [0.4, 0.5) is 10.1 Å². The third-order valence-corrected chi connectivity index (χ3v) is 8.53. The molecule has 20 nitrogen and oxygen atoms in total. The van der Waals surface area contributed by atoms with Crippen LogP contribution in [0.25, 0.3) is 11.4 Å². The Labute approximate surface area is 324 Å². The molecule has 0 bridgehead atoms. The van der Waals surface area contributed by atoms with Gasteiger partial charge in [-0.25, -0.2) is 4.79 Å². The van der Waals surface area contributed by atoms with E-state index in [1.807, 2.05) is 18.8 Å². The fourth-order valence-corrected chi connectivity index (χ4v) is 5.58. The van der Waals surface area contributed by atoms with Crippen molar-refractivity contribution in [1.82, 2.24) is 51.9 Å². The second-order valence-corrected chi connectivity index (χ2v) is 13.9. The molecule has 4 rings (SSSR count). The third kappa shape index (κ3) is 12.2. The summed E-state index contributed by atoms with van der Waals surface area (Å²) in [5.41, 5.74) is 3.98. The van der Waals surface area contributed by atoms with Crippen LogP contribution in [0, 0.1) is 17.7 Å². The maximum Gasteiger partial charge on any atom is 0.326 e. The van der Waals surface area contributed by atoms with Gasteiger partial charge in [0.2, 0.25) is 29.4 Å². The van der Waals surface area contributed by atoms with E-state index in [1.165, 1.54) is 0 Å². The van der Waals surface area contributed by atoms with Crippen LogP contribution in [-0.2, 0) is 25.6 Å². The number of rotatable bonds is 18. The Balaban J connectivity index is 1.45. The molecule has 5 atom stereocenters. The topological polar surface area (TPSA) is 312 Å². The molecule has 0 aliphatic rings. The van der Waals surface area contributed by atoms with E-state index < -0.39 is 95.0 Å². The quantitative estimate of drug-likeness (QED) is 0.0571. The monoisotopic (exact) mass is 792 g/mol. The van der Waals surface area contributed by atoms with Crippen LogP contribution < -0.4 is 43.6 Å². The molecule has 2 heterocycles. The van der Waals surface area contributed by atoms with E-state index in [0.717, 1.165) is 0 Å². The highest BCUT2D eigenvalue weighted by Gasteiger charge is 2.34. The van der Waals surface area contributed by atoms with Crippen molar-refractivity contribution in [3.63, 3.8) is 0 Å². The number of amides is 5. The lowest BCUT2D eigenvalue weighted by Gasteiger charge is -2.29. The third-order valence-electron chi connectivity index (χ3n) is 8.53. The molecule has 5 amide bonds. The average molecular weight is 793 g/mol. The summed E-state index contributed by atoms with van der Waals surface area (Å²) >= 11 is 0. The van der Waals surface area contributed by atoms with Crippen molar-refractivity contribution in [3.05, 3.63) is 92.5 Å². The number of aliphatic hydroxyl groups is 1. The molecule has 0 saturated heterocycles. The largest absolute Gasteiger partial charge is 0.381 e. The standard InChI is InChI=1S/C36H45FN12O8/c1-17(2)13-24(42-34(55)26(18(3)4)43-30(51)22(38)16-39-33(54)27-25(37)32(53)45-36(57)44-27)31(52)41-23(14-19-9-6-5-7-10-19)28(50)35(56)40-21-12-8-11-20(15-21)29-46-48-49-47-29/h5-12,15,17-18,22-24,26,28,50H,13-14,16,38H2,1-4H3,(H,39,54)(H,40,56)(H,41,52)(H,42,55)(H,43,51)(H2,44,45,53,57)(H,46,47,48,49)/t22-,23-,24-,26-,28+/m0/s1. The van der Waals surface area contributed by atoms with E-state index >= 15 is 0 Å². The number of aliphatic hydroxyl groups excluding tert-OH is 1. The highest BCUT2D eigenvalue weighted by Crippen LogP contribution is 2.19. The van der Waals surface area contributed by atoms with Crippen molar-refractivity contribution >= 4 is 35.2 Å². The van der Waals surface area contributed by atoms with E-state index in [0.29, 0.717) is 16.8 Å². The summed E-state index contributed by atoms with van der Waals surface area (Å²) in [5, 5.41) is 37.8. The zero-order valence-electron chi connectivity index (χ0n) is 31.5. The van der Waals surface area contributed by atoms with Crippen LogP contribution >= 0.6 is 0 Å². The summed E-state index contributed by atoms with van der Waals surface area (Å²) < 4.78 is 14.1. The summed E-state index contributed by atoms with van der Waals surface area (Å²) in [5.74, 6) is -6.32. The molecule has 11 N–H and O–H groups in total. The fourth-order valence-electron chi connectivity index (χ4n) is 5.58. The molecule has 0 aliphatic carbocycles. The first-order chi connectivity index (χ1) is 27.0. The minimum atomic E-state index is -1.76. The number of carbonyl (C=O) groups excluding carboxylic acids is 5. The Morgan fingerprint density at radius 1 is 0.877 bits per heavy atom. The number of hydrogen-bond donors (Lipinski definition) is 10. The van der Waals surface area contributed by atoms with Gasteiger partial charge >= 0.3 is 5.69 Å². The summed E-state index contributed by atoms with van der Waals surface area (Å²) in [6.45, 7) is 6.32. The molecule has 0 radical (unpaired) electrons. The van der Waals surface area contributed by atoms with Crippen molar-refractivity contribution in [1.29, 1.82) is 0 Å². The van der Waals surface area contributed by atoms with Gasteiger partial charge in [-0.3, -0.25) is 33.8 Å². The number of carbonyl (C=O) groups is 5. The Morgan fingerprint density at radius 2 is 1.60 bits per heavy atom. The smallest absolute Gasteiger partial charge is 0.326 e. The molecular formula is C36H45FN12O8. The lowest BCUT2D eigenvalue weighted by Crippen LogP contribution is -2.60. The summed E-state index contributed by atoms with van der Waals surface area (Å²) in [4.78, 5) is 92.9. The van der Waals surface area contributed by atoms with Crippen molar-refractivity contribution < 1.29 is 33.5 Å². The molecule has 0 unspecified atom stereocenters. The lowest BCUT2D eigenvalue weighted by molar-refractivity contribution is -0.134. The summed E-state index contributed by atoms with van der Waals surface area (Å²) in [6.07, 6.45) is -1.59. The number of anilines is 1. The number of aromatic amines is 3. The van der Waals surface area contributed by atoms with Crippen molar-refractivity contribution in [2.45, 2.75) is 70.8 Å². The zero-order valence-corrected chi connectivity index (χ0v) is 31.5. The Kier molecular flexibility index (Phi) is 15.0. The molecule has 21 heteroatoms. The van der Waals surface area contributed by atoms with Crippen LogP contribution in [0.5, 0.6) is 0 Å². The van der Waals surface area contributed by atoms with Gasteiger partial charge in [-0.1, -0.05) is 70.2 Å². The predicted molar refractivity (Wildman–Crippen MR) is 202 cm³/mol. The number of aromatic nitrogens is 6. The SMILES string of the molecule is CC(C)C[C@H](NC(=O)[C@@H](NC(=O)[C@@H](N)CNC(=O)c1[nH]c(=O)[nH]c(=O)c1F)C(C)C)C(=O)N[C@@H](Cc1ccccc1)[C@@H](O)C(=O)Nc1cccc(-c2nn[nH]n2)c1. The number of nitrogens with zero attached hydrogens (tertiary/aromatic N) is 3. The van der Waals surface area contributed by atoms with Crippen LogP contribution in [0.1, 0.15) is 50.2 Å². The minimum absolute atomic E-state index is 0.0367. The first-order valence-electron chi connectivity index (χ1n) is 17.9. The van der Waals surface area contributed by atoms with Gasteiger partial charge in [-0.2, -0.15) is 9.60 Å². The number of benzene rings is 2. The molecule has 0 aliphatic heterocycles. The van der Waals surface area contributed by atoms with Gasteiger partial charge in [0.25, 0.3) is 17.4 Å². The number of nitrogens with two attached hydrogens (primary N) is 1. The van der Waals surface area contributed by atoms with Crippen LogP contribution in [-0.4, -0.2) is 102 Å². The molecular weight excluding hydrogens is 747 g/mol. The van der Waals surface area contributed by atoms with Crippen molar-refractivity contribution in [2.24, 2.45) is 17.6 Å². The number of nitrogens with one attached hydrogen (secondary N) is 8. The molecule has 0 spiro atoms. The minimum Gasteiger partial charge on any atom is -0.381 e. The van der Waals surface area contributed by atoms with Gasteiger partial charge in [0.1, 0.15) is 23.8 Å². The van der Waals surface area contributed by atoms with Crippen molar-refractivity contribution in [3.8, 4) is 11.4 Å². The van der Waals surface area contributed by atoms with Gasteiger partial charge < -0.3 is 42.4 Å². The Morgan fingerprint density at radius 3 is 2.25 bits per heavy atom. The Hall–Kier alpha value is -6.61. The van der Waals surface area contributed by atoms with Gasteiger partial charge in [-0.15, -0.1) is 10.2 Å². The fraction of sp³-hybridized carbons (Fsp3) is 0.389. The molecule has 2 aromatic heterocycles. The van der Waals surface area contributed by atoms with E-state index in [2.05, 4.69) is 47.2 Å². The van der Waals surface area contributed by atoms with E-state index in [4.69, 9.17) is 5.73 Å². The lowest BCUT2D eigenvalue weighted by atomic mass is 9.97. The predicted octanol–water partition coefficient (Wildman–Crippen LogP) is -1.16. The highest BCUT2D eigenvalue weighted by atomic mass is 19.1. The van der Waals surface area contributed by atoms with Gasteiger partial charge in [0.05, 0.1) is 6.04 Å². The summed E-state index contributed by atoms with van der Waals surface area (Å²) in [7, 11) is 0. The number of tetrazole rings is 1. The maximum absolute atomic E-state index is 14.1. The molecule has 57 heavy (non-hydrogen) atoms. The highest BCUT2D eigenvalue weighted by molar-refractivity contribution is 5.97. The van der Waals surface area contributed by atoms with Gasteiger partial charge in [0.15, 0.2) is 6.10 Å². The second kappa shape index (κ2) is 19.8. The second-order valence-electron chi connectivity index (χ2n) is 13.9. The molecule has 0 saturated carbocycles. The van der Waals surface area contributed by atoms with Crippen LogP contribution in [0.3, 0.4) is 0 Å². The van der Waals surface area contributed by atoms with Crippen molar-refractivity contribution in [2.75, 3.05) is 11.9 Å². The van der Waals surface area contributed by atoms with E-state index in [-0.39, 0.29) is 24.6 Å². The van der Waals surface area contributed by atoms with E-state index in [1.54, 1.807) is 73.4 Å². The van der Waals surface area contributed by atoms with Crippen LogP contribution in [0.15, 0.2) is 64.2 Å². The molecule has 0 fully saturated rings. The maximum atomic E-state index is 14.1. The zero-order chi connectivity index (χ0) is 41.8. The molecule has 2 aromatic carbocycles. The van der Waals surface area contributed by atoms with Gasteiger partial charge in [-0.05, 0) is 47.6 Å². The first kappa shape index (κ1) is 43.1. The Bertz CT molecular complexity index is 2140. The number of H-pyrrole nitrogens is 3. The molecule has 4 aromatic rings. The number of hydrogen-bond acceptors (Lipinski definition) is 12. The van der Waals surface area contributed by atoms with Gasteiger partial charge in [0, 0.05) is 17.8 Å². The first-order valence-corrected chi connectivity index (χ1v) is 17.9.